The Bertz CT molecular complexity index is 644. The van der Waals surface area contributed by atoms with E-state index in [0.717, 1.165) is 53.1 Å². The van der Waals surface area contributed by atoms with Gasteiger partial charge in [-0.15, -0.1) is 5.10 Å². The lowest BCUT2D eigenvalue weighted by atomic mass is 10.00. The Morgan fingerprint density at radius 2 is 2.33 bits per heavy atom. The lowest BCUT2D eigenvalue weighted by Crippen LogP contribution is -2.14. The molecule has 1 aliphatic heterocycles. The van der Waals surface area contributed by atoms with E-state index in [2.05, 4.69) is 44.6 Å². The van der Waals surface area contributed by atoms with E-state index in [0.29, 0.717) is 0 Å². The largest absolute Gasteiger partial charge is 0.493 e. The molecule has 1 aliphatic rings. The third kappa shape index (κ3) is 3.12. The van der Waals surface area contributed by atoms with Crippen LogP contribution in [0.2, 0.25) is 0 Å². The van der Waals surface area contributed by atoms with E-state index in [1.165, 1.54) is 22.7 Å². The van der Waals surface area contributed by atoms with Crippen molar-refractivity contribution in [1.29, 1.82) is 0 Å². The molecule has 21 heavy (non-hydrogen) atoms. The second-order valence-electron chi connectivity index (χ2n) is 5.30. The molecule has 1 aromatic carbocycles. The van der Waals surface area contributed by atoms with Crippen LogP contribution >= 0.6 is 27.5 Å². The van der Waals surface area contributed by atoms with E-state index in [1.54, 1.807) is 0 Å². The van der Waals surface area contributed by atoms with Crippen molar-refractivity contribution in [1.82, 2.24) is 9.59 Å². The van der Waals surface area contributed by atoms with Gasteiger partial charge in [0.05, 0.1) is 17.2 Å². The number of fused-ring (bicyclic) bond motifs is 1. The van der Waals surface area contributed by atoms with Gasteiger partial charge in [-0.25, -0.2) is 0 Å². The van der Waals surface area contributed by atoms with Crippen molar-refractivity contribution >= 4 is 27.5 Å². The molecule has 6 heteroatoms. The maximum atomic E-state index is 6.41. The maximum absolute atomic E-state index is 6.41. The summed E-state index contributed by atoms with van der Waals surface area (Å²) in [6.45, 7) is 2.90. The topological polar surface area (TPSA) is 61.0 Å². The molecular formula is C15H18BrN3OS. The van der Waals surface area contributed by atoms with Gasteiger partial charge in [-0.1, -0.05) is 33.8 Å². The average Bonchev–Trinajstić information content (AvgIpc) is 3.07. The van der Waals surface area contributed by atoms with Crippen LogP contribution in [0.1, 0.15) is 41.1 Å². The van der Waals surface area contributed by atoms with Crippen molar-refractivity contribution in [3.63, 3.8) is 0 Å². The number of benzene rings is 1. The Labute approximate surface area is 137 Å². The summed E-state index contributed by atoms with van der Waals surface area (Å²) in [6.07, 6.45) is 3.72. The summed E-state index contributed by atoms with van der Waals surface area (Å²) in [5.74, 6) is 1.02. The summed E-state index contributed by atoms with van der Waals surface area (Å²) in [5, 5.41) is 4.21. The van der Waals surface area contributed by atoms with Crippen LogP contribution in [0.25, 0.3) is 0 Å². The van der Waals surface area contributed by atoms with Crippen LogP contribution < -0.4 is 10.5 Å². The van der Waals surface area contributed by atoms with E-state index in [4.69, 9.17) is 10.5 Å². The lowest BCUT2D eigenvalue weighted by molar-refractivity contribution is 0.352. The zero-order valence-electron chi connectivity index (χ0n) is 11.9. The quantitative estimate of drug-likeness (QED) is 0.879. The van der Waals surface area contributed by atoms with E-state index in [1.807, 2.05) is 0 Å². The molecule has 1 atom stereocenters. The highest BCUT2D eigenvalue weighted by molar-refractivity contribution is 9.10. The van der Waals surface area contributed by atoms with Crippen LogP contribution in [0.5, 0.6) is 5.75 Å². The molecule has 1 aromatic heterocycles. The third-order valence-corrected chi connectivity index (χ3v) is 5.03. The van der Waals surface area contributed by atoms with Crippen LogP contribution in [-0.4, -0.2) is 16.2 Å². The molecule has 3 rings (SSSR count). The number of halogens is 1. The van der Waals surface area contributed by atoms with Gasteiger partial charge >= 0.3 is 0 Å². The number of nitrogens with zero attached hydrogens (tertiary/aromatic N) is 2. The van der Waals surface area contributed by atoms with Gasteiger partial charge in [0.2, 0.25) is 0 Å². The molecule has 1 unspecified atom stereocenters. The Morgan fingerprint density at radius 1 is 1.48 bits per heavy atom. The number of rotatable bonds is 5. The Balaban J connectivity index is 1.85. The second-order valence-corrected chi connectivity index (χ2v) is 7.00. The van der Waals surface area contributed by atoms with Crippen LogP contribution in [0.3, 0.4) is 0 Å². The minimum Gasteiger partial charge on any atom is -0.493 e. The minimum absolute atomic E-state index is 0.0749. The summed E-state index contributed by atoms with van der Waals surface area (Å²) in [7, 11) is 0. The van der Waals surface area contributed by atoms with Crippen molar-refractivity contribution in [2.75, 3.05) is 6.61 Å². The normalized spacial score (nSPS) is 14.8. The van der Waals surface area contributed by atoms with Gasteiger partial charge in [0.25, 0.3) is 0 Å². The number of hydrogen-bond donors (Lipinski definition) is 1. The lowest BCUT2D eigenvalue weighted by Gasteiger charge is -2.14. The van der Waals surface area contributed by atoms with Crippen LogP contribution in [0.15, 0.2) is 16.6 Å². The van der Waals surface area contributed by atoms with Gasteiger partial charge in [0.15, 0.2) is 0 Å². The highest BCUT2D eigenvalue weighted by atomic mass is 79.9. The van der Waals surface area contributed by atoms with Crippen LogP contribution in [0, 0.1) is 0 Å². The van der Waals surface area contributed by atoms with Crippen LogP contribution in [0.4, 0.5) is 0 Å². The molecule has 112 valence electrons. The maximum Gasteiger partial charge on any atom is 0.125 e. The molecule has 0 saturated heterocycles. The molecule has 0 saturated carbocycles. The summed E-state index contributed by atoms with van der Waals surface area (Å²) in [6, 6.07) is 4.17. The first-order chi connectivity index (χ1) is 10.2. The molecule has 4 nitrogen and oxygen atoms in total. The molecule has 2 N–H and O–H groups in total. The van der Waals surface area contributed by atoms with Crippen molar-refractivity contribution in [3.05, 3.63) is 38.3 Å². The third-order valence-electron chi connectivity index (χ3n) is 3.67. The zero-order chi connectivity index (χ0) is 14.8. The highest BCUT2D eigenvalue weighted by Crippen LogP contribution is 2.35. The molecule has 0 bridgehead atoms. The first kappa shape index (κ1) is 14.9. The van der Waals surface area contributed by atoms with E-state index < -0.39 is 0 Å². The summed E-state index contributed by atoms with van der Waals surface area (Å²) in [4.78, 5) is 1.10. The summed E-state index contributed by atoms with van der Waals surface area (Å²) < 4.78 is 10.9. The van der Waals surface area contributed by atoms with Gasteiger partial charge in [0.1, 0.15) is 5.75 Å². The minimum atomic E-state index is -0.0749. The summed E-state index contributed by atoms with van der Waals surface area (Å²) in [5.41, 5.74) is 9.88. The SMILES string of the molecule is CCCc1nnsc1C(N)Cc1cc(Br)cc2c1OCC2. The molecule has 0 radical (unpaired) electrons. The Morgan fingerprint density at radius 3 is 3.14 bits per heavy atom. The predicted molar refractivity (Wildman–Crippen MR) is 87.9 cm³/mol. The first-order valence-electron chi connectivity index (χ1n) is 7.19. The van der Waals surface area contributed by atoms with Crippen molar-refractivity contribution in [2.24, 2.45) is 5.73 Å². The number of aromatic nitrogens is 2. The van der Waals surface area contributed by atoms with Crippen molar-refractivity contribution < 1.29 is 4.74 Å². The Kier molecular flexibility index (Phi) is 4.57. The van der Waals surface area contributed by atoms with Crippen molar-refractivity contribution in [2.45, 2.75) is 38.6 Å². The number of nitrogens with two attached hydrogens (primary N) is 1. The van der Waals surface area contributed by atoms with Crippen molar-refractivity contribution in [3.8, 4) is 5.75 Å². The molecule has 0 aliphatic carbocycles. The Hall–Kier alpha value is -0.980. The van der Waals surface area contributed by atoms with Gasteiger partial charge < -0.3 is 10.5 Å². The number of aryl methyl sites for hydroxylation is 1. The molecule has 0 spiro atoms. The van der Waals surface area contributed by atoms with E-state index in [-0.39, 0.29) is 6.04 Å². The fourth-order valence-corrected chi connectivity index (χ4v) is 3.98. The fourth-order valence-electron chi connectivity index (χ4n) is 2.73. The molecule has 2 aromatic rings. The van der Waals surface area contributed by atoms with E-state index in [9.17, 15) is 0 Å². The van der Waals surface area contributed by atoms with E-state index >= 15 is 0 Å². The predicted octanol–water partition coefficient (Wildman–Crippen LogP) is 3.43. The standard InChI is InChI=1S/C15H18BrN3OS/c1-2-3-13-15(21-19-18-13)12(17)8-10-7-11(16)6-9-4-5-20-14(9)10/h6-7,12H,2-5,8,17H2,1H3. The van der Waals surface area contributed by atoms with Crippen LogP contribution in [-0.2, 0) is 19.3 Å². The van der Waals surface area contributed by atoms with Gasteiger partial charge in [-0.2, -0.15) is 0 Å². The highest BCUT2D eigenvalue weighted by Gasteiger charge is 2.22. The zero-order valence-corrected chi connectivity index (χ0v) is 14.3. The van der Waals surface area contributed by atoms with Gasteiger partial charge in [-0.3, -0.25) is 0 Å². The summed E-state index contributed by atoms with van der Waals surface area (Å²) >= 11 is 4.99. The molecule has 2 heterocycles. The first-order valence-corrected chi connectivity index (χ1v) is 8.76. The number of ether oxygens (including phenoxy) is 1. The van der Waals surface area contributed by atoms with Gasteiger partial charge in [0, 0.05) is 16.9 Å². The molecule has 0 fully saturated rings. The molecular weight excluding hydrogens is 350 g/mol. The second kappa shape index (κ2) is 6.42. The smallest absolute Gasteiger partial charge is 0.125 e. The van der Waals surface area contributed by atoms with Gasteiger partial charge in [-0.05, 0) is 47.6 Å². The average molecular weight is 368 g/mol. The fraction of sp³-hybridized carbons (Fsp3) is 0.467. The number of hydrogen-bond acceptors (Lipinski definition) is 5. The monoisotopic (exact) mass is 367 g/mol. The molecule has 0 amide bonds.